The molecule has 0 saturated carbocycles. The highest BCUT2D eigenvalue weighted by atomic mass is 16.5. The van der Waals surface area contributed by atoms with Crippen LogP contribution >= 0.6 is 0 Å². The van der Waals surface area contributed by atoms with Gasteiger partial charge in [0, 0.05) is 31.4 Å². The van der Waals surface area contributed by atoms with Crippen LogP contribution in [0, 0.1) is 0 Å². The number of anilines is 1. The van der Waals surface area contributed by atoms with Crippen LogP contribution < -0.4 is 15.0 Å². The number of hydrogen-bond donors (Lipinski definition) is 1. The third kappa shape index (κ3) is 2.41. The van der Waals surface area contributed by atoms with Crippen molar-refractivity contribution in [3.8, 4) is 5.88 Å². The summed E-state index contributed by atoms with van der Waals surface area (Å²) in [5, 5.41) is 3.31. The van der Waals surface area contributed by atoms with Crippen molar-refractivity contribution in [1.82, 2.24) is 15.3 Å². The first-order valence-corrected chi connectivity index (χ1v) is 5.62. The molecule has 5 heteroatoms. The van der Waals surface area contributed by atoms with E-state index in [1.807, 2.05) is 7.05 Å². The molecule has 1 N–H and O–H groups in total. The maximum Gasteiger partial charge on any atom is 0.228 e. The Labute approximate surface area is 95.8 Å². The Bertz CT molecular complexity index is 337. The standard InChI is InChI=1S/C11H18N4O/c1-12-9-4-7-15(8-5-9)11-13-6-3-10(14-11)16-2/h3,6,9,12H,4-5,7-8H2,1-2H3. The molecule has 1 fully saturated rings. The van der Waals surface area contributed by atoms with Gasteiger partial charge in [0.25, 0.3) is 0 Å². The van der Waals surface area contributed by atoms with Crippen LogP contribution in [0.4, 0.5) is 5.95 Å². The van der Waals surface area contributed by atoms with Crippen LogP contribution in [-0.4, -0.2) is 43.3 Å². The van der Waals surface area contributed by atoms with E-state index < -0.39 is 0 Å². The van der Waals surface area contributed by atoms with Gasteiger partial charge in [0.1, 0.15) is 0 Å². The zero-order chi connectivity index (χ0) is 11.4. The smallest absolute Gasteiger partial charge is 0.228 e. The number of nitrogens with one attached hydrogen (secondary N) is 1. The second-order valence-corrected chi connectivity index (χ2v) is 3.95. The Kier molecular flexibility index (Phi) is 3.56. The fourth-order valence-corrected chi connectivity index (χ4v) is 1.97. The molecule has 1 saturated heterocycles. The zero-order valence-electron chi connectivity index (χ0n) is 9.81. The molecule has 1 aromatic rings. The highest BCUT2D eigenvalue weighted by Crippen LogP contribution is 2.17. The van der Waals surface area contributed by atoms with Crippen molar-refractivity contribution < 1.29 is 4.74 Å². The summed E-state index contributed by atoms with van der Waals surface area (Å²) in [5.74, 6) is 1.40. The fourth-order valence-electron chi connectivity index (χ4n) is 1.97. The van der Waals surface area contributed by atoms with Crippen molar-refractivity contribution in [2.45, 2.75) is 18.9 Å². The summed E-state index contributed by atoms with van der Waals surface area (Å²) >= 11 is 0. The molecule has 2 heterocycles. The van der Waals surface area contributed by atoms with Crippen LogP contribution in [0.15, 0.2) is 12.3 Å². The summed E-state index contributed by atoms with van der Waals surface area (Å²) < 4.78 is 5.10. The first-order chi connectivity index (χ1) is 7.83. The van der Waals surface area contributed by atoms with Gasteiger partial charge in [-0.2, -0.15) is 4.98 Å². The highest BCUT2D eigenvalue weighted by molar-refractivity contribution is 5.32. The molecular weight excluding hydrogens is 204 g/mol. The van der Waals surface area contributed by atoms with E-state index in [-0.39, 0.29) is 0 Å². The number of rotatable bonds is 3. The molecule has 0 aromatic carbocycles. The summed E-state index contributed by atoms with van der Waals surface area (Å²) in [7, 11) is 3.64. The molecule has 88 valence electrons. The monoisotopic (exact) mass is 222 g/mol. The lowest BCUT2D eigenvalue weighted by Gasteiger charge is -2.31. The number of aromatic nitrogens is 2. The third-order valence-corrected chi connectivity index (χ3v) is 3.01. The minimum Gasteiger partial charge on any atom is -0.481 e. The van der Waals surface area contributed by atoms with Crippen molar-refractivity contribution in [3.63, 3.8) is 0 Å². The number of nitrogens with zero attached hydrogens (tertiary/aromatic N) is 3. The minimum atomic E-state index is 0.626. The molecule has 0 bridgehead atoms. The fraction of sp³-hybridized carbons (Fsp3) is 0.636. The molecule has 16 heavy (non-hydrogen) atoms. The third-order valence-electron chi connectivity index (χ3n) is 3.01. The predicted molar refractivity (Wildman–Crippen MR) is 62.9 cm³/mol. The maximum absolute atomic E-state index is 5.10. The largest absolute Gasteiger partial charge is 0.481 e. The molecule has 5 nitrogen and oxygen atoms in total. The topological polar surface area (TPSA) is 50.3 Å². The van der Waals surface area contributed by atoms with Crippen LogP contribution in [0.1, 0.15) is 12.8 Å². The maximum atomic E-state index is 5.10. The first-order valence-electron chi connectivity index (χ1n) is 5.62. The van der Waals surface area contributed by atoms with Gasteiger partial charge in [-0.25, -0.2) is 4.98 Å². The molecule has 1 aromatic heterocycles. The summed E-state index contributed by atoms with van der Waals surface area (Å²) in [6.45, 7) is 2.00. The van der Waals surface area contributed by atoms with E-state index in [4.69, 9.17) is 4.74 Å². The van der Waals surface area contributed by atoms with Gasteiger partial charge in [0.05, 0.1) is 7.11 Å². The van der Waals surface area contributed by atoms with E-state index in [2.05, 4.69) is 20.2 Å². The Morgan fingerprint density at radius 3 is 2.81 bits per heavy atom. The van der Waals surface area contributed by atoms with Gasteiger partial charge in [-0.05, 0) is 19.9 Å². The van der Waals surface area contributed by atoms with Crippen molar-refractivity contribution in [3.05, 3.63) is 12.3 Å². The Morgan fingerprint density at radius 2 is 2.19 bits per heavy atom. The number of hydrogen-bond acceptors (Lipinski definition) is 5. The summed E-state index contributed by atoms with van der Waals surface area (Å²) in [6, 6.07) is 2.39. The predicted octanol–water partition coefficient (Wildman–Crippen LogP) is 0.673. The summed E-state index contributed by atoms with van der Waals surface area (Å²) in [5.41, 5.74) is 0. The molecule has 2 rings (SSSR count). The Morgan fingerprint density at radius 1 is 1.44 bits per heavy atom. The first kappa shape index (κ1) is 11.1. The van der Waals surface area contributed by atoms with Crippen LogP contribution in [0.3, 0.4) is 0 Å². The average molecular weight is 222 g/mol. The van der Waals surface area contributed by atoms with E-state index in [1.165, 1.54) is 0 Å². The van der Waals surface area contributed by atoms with Crippen molar-refractivity contribution in [1.29, 1.82) is 0 Å². The minimum absolute atomic E-state index is 0.626. The van der Waals surface area contributed by atoms with Crippen LogP contribution in [-0.2, 0) is 0 Å². The molecule has 0 spiro atoms. The van der Waals surface area contributed by atoms with Gasteiger partial charge in [-0.3, -0.25) is 0 Å². The Balaban J connectivity index is 2.02. The number of ether oxygens (including phenoxy) is 1. The SMILES string of the molecule is CNC1CCN(c2nccc(OC)n2)CC1. The van der Waals surface area contributed by atoms with E-state index in [9.17, 15) is 0 Å². The summed E-state index contributed by atoms with van der Waals surface area (Å²) in [4.78, 5) is 10.8. The van der Waals surface area contributed by atoms with Gasteiger partial charge in [0.15, 0.2) is 0 Å². The molecular formula is C11H18N4O. The van der Waals surface area contributed by atoms with Crippen molar-refractivity contribution >= 4 is 5.95 Å². The molecule has 0 atom stereocenters. The van der Waals surface area contributed by atoms with E-state index in [1.54, 1.807) is 19.4 Å². The lowest BCUT2D eigenvalue weighted by molar-refractivity contribution is 0.394. The highest BCUT2D eigenvalue weighted by Gasteiger charge is 2.19. The average Bonchev–Trinajstić information content (AvgIpc) is 2.39. The zero-order valence-corrected chi connectivity index (χ0v) is 9.81. The van der Waals surface area contributed by atoms with Crippen molar-refractivity contribution in [2.75, 3.05) is 32.1 Å². The lowest BCUT2D eigenvalue weighted by atomic mass is 10.1. The Hall–Kier alpha value is -1.36. The number of methoxy groups -OCH3 is 1. The number of piperidine rings is 1. The molecule has 0 aliphatic carbocycles. The molecule has 1 aliphatic rings. The normalized spacial score (nSPS) is 17.5. The van der Waals surface area contributed by atoms with Crippen molar-refractivity contribution in [2.24, 2.45) is 0 Å². The van der Waals surface area contributed by atoms with Gasteiger partial charge >= 0.3 is 0 Å². The molecule has 0 amide bonds. The van der Waals surface area contributed by atoms with Crippen LogP contribution in [0.25, 0.3) is 0 Å². The van der Waals surface area contributed by atoms with Gasteiger partial charge in [0.2, 0.25) is 11.8 Å². The van der Waals surface area contributed by atoms with Gasteiger partial charge in [-0.15, -0.1) is 0 Å². The van der Waals surface area contributed by atoms with E-state index in [0.29, 0.717) is 11.9 Å². The van der Waals surface area contributed by atoms with Gasteiger partial charge in [-0.1, -0.05) is 0 Å². The van der Waals surface area contributed by atoms with Gasteiger partial charge < -0.3 is 15.0 Å². The van der Waals surface area contributed by atoms with E-state index >= 15 is 0 Å². The lowest BCUT2D eigenvalue weighted by Crippen LogP contribution is -2.41. The van der Waals surface area contributed by atoms with Crippen LogP contribution in [0.5, 0.6) is 5.88 Å². The molecule has 1 aliphatic heterocycles. The second-order valence-electron chi connectivity index (χ2n) is 3.95. The van der Waals surface area contributed by atoms with Crippen LogP contribution in [0.2, 0.25) is 0 Å². The molecule has 0 radical (unpaired) electrons. The van der Waals surface area contributed by atoms with E-state index in [0.717, 1.165) is 31.9 Å². The second kappa shape index (κ2) is 5.12. The summed E-state index contributed by atoms with van der Waals surface area (Å²) in [6.07, 6.45) is 4.01. The molecule has 0 unspecified atom stereocenters. The quantitative estimate of drug-likeness (QED) is 0.814.